The second-order valence-corrected chi connectivity index (χ2v) is 7.92. The van der Waals surface area contributed by atoms with E-state index in [2.05, 4.69) is 41.5 Å². The predicted molar refractivity (Wildman–Crippen MR) is 106 cm³/mol. The fourth-order valence-electron chi connectivity index (χ4n) is 2.34. The number of anilines is 1. The maximum absolute atomic E-state index is 12.1. The summed E-state index contributed by atoms with van der Waals surface area (Å²) >= 11 is 3.31. The molecule has 5 heteroatoms. The Morgan fingerprint density at radius 2 is 1.92 bits per heavy atom. The number of nitrogens with zero attached hydrogens (tertiary/aromatic N) is 1. The number of rotatable bonds is 6. The molecule has 25 heavy (non-hydrogen) atoms. The van der Waals surface area contributed by atoms with Crippen molar-refractivity contribution < 1.29 is 4.79 Å². The minimum atomic E-state index is -0.0314. The fourth-order valence-corrected chi connectivity index (χ4v) is 4.14. The summed E-state index contributed by atoms with van der Waals surface area (Å²) in [5, 5.41) is 5.80. The van der Waals surface area contributed by atoms with E-state index in [0.717, 1.165) is 22.1 Å². The van der Waals surface area contributed by atoms with Crippen molar-refractivity contribution in [2.45, 2.75) is 30.9 Å². The average Bonchev–Trinajstić information content (AvgIpc) is 3.02. The maximum Gasteiger partial charge on any atom is 0.231 e. The second-order valence-electron chi connectivity index (χ2n) is 5.93. The van der Waals surface area contributed by atoms with Crippen LogP contribution < -0.4 is 5.32 Å². The smallest absolute Gasteiger partial charge is 0.231 e. The van der Waals surface area contributed by atoms with E-state index in [1.54, 1.807) is 23.1 Å². The van der Waals surface area contributed by atoms with Crippen LogP contribution >= 0.6 is 23.1 Å². The number of benzene rings is 2. The molecule has 1 N–H and O–H groups in total. The first-order valence-electron chi connectivity index (χ1n) is 8.08. The summed E-state index contributed by atoms with van der Waals surface area (Å²) in [4.78, 5) is 18.0. The predicted octanol–water partition coefficient (Wildman–Crippen LogP) is 5.23. The van der Waals surface area contributed by atoms with Crippen molar-refractivity contribution in [3.05, 3.63) is 75.7 Å². The van der Waals surface area contributed by atoms with Gasteiger partial charge in [0, 0.05) is 21.7 Å². The highest BCUT2D eigenvalue weighted by molar-refractivity contribution is 7.98. The van der Waals surface area contributed by atoms with E-state index >= 15 is 0 Å². The van der Waals surface area contributed by atoms with Crippen LogP contribution in [0.25, 0.3) is 0 Å². The van der Waals surface area contributed by atoms with Gasteiger partial charge in [0.15, 0.2) is 0 Å². The summed E-state index contributed by atoms with van der Waals surface area (Å²) in [7, 11) is 0. The monoisotopic (exact) mass is 368 g/mol. The van der Waals surface area contributed by atoms with Crippen LogP contribution in [0.5, 0.6) is 0 Å². The highest BCUT2D eigenvalue weighted by atomic mass is 32.2. The average molecular weight is 369 g/mol. The van der Waals surface area contributed by atoms with E-state index in [1.165, 1.54) is 16.0 Å². The van der Waals surface area contributed by atoms with Crippen LogP contribution in [0.15, 0.2) is 58.8 Å². The van der Waals surface area contributed by atoms with Crippen molar-refractivity contribution in [2.75, 3.05) is 5.32 Å². The number of carbonyl (C=O) groups is 1. The molecule has 3 aromatic rings. The highest BCUT2D eigenvalue weighted by Crippen LogP contribution is 2.24. The second kappa shape index (κ2) is 8.32. The SMILES string of the molecule is Cc1ccc(NC(=O)Cc2nc(CSc3cccc(C)c3)cs2)cc1. The van der Waals surface area contributed by atoms with Crippen molar-refractivity contribution in [3.8, 4) is 0 Å². The Morgan fingerprint density at radius 3 is 2.68 bits per heavy atom. The van der Waals surface area contributed by atoms with Crippen LogP contribution in [0.1, 0.15) is 21.8 Å². The standard InChI is InChI=1S/C20H20N2OS2/c1-14-6-8-16(9-7-14)21-19(23)11-20-22-17(13-25-20)12-24-18-5-3-4-15(2)10-18/h3-10,13H,11-12H2,1-2H3,(H,21,23). The van der Waals surface area contributed by atoms with E-state index in [1.807, 2.05) is 36.6 Å². The Balaban J connectivity index is 1.52. The zero-order chi connectivity index (χ0) is 17.6. The minimum Gasteiger partial charge on any atom is -0.326 e. The Kier molecular flexibility index (Phi) is 5.89. The van der Waals surface area contributed by atoms with Crippen molar-refractivity contribution in [3.63, 3.8) is 0 Å². The summed E-state index contributed by atoms with van der Waals surface area (Å²) in [5.74, 6) is 0.788. The molecule has 0 aliphatic rings. The number of amides is 1. The Hall–Kier alpha value is -2.11. The lowest BCUT2D eigenvalue weighted by atomic mass is 10.2. The molecule has 0 aliphatic heterocycles. The summed E-state index contributed by atoms with van der Waals surface area (Å²) in [6, 6.07) is 16.3. The molecule has 2 aromatic carbocycles. The van der Waals surface area contributed by atoms with Crippen LogP contribution in [0.3, 0.4) is 0 Å². The molecule has 0 bridgehead atoms. The Labute approximate surface area is 156 Å². The lowest BCUT2D eigenvalue weighted by molar-refractivity contribution is -0.115. The molecule has 0 saturated carbocycles. The van der Waals surface area contributed by atoms with Crippen LogP contribution in [-0.4, -0.2) is 10.9 Å². The lowest BCUT2D eigenvalue weighted by Crippen LogP contribution is -2.14. The van der Waals surface area contributed by atoms with Gasteiger partial charge >= 0.3 is 0 Å². The molecule has 1 aromatic heterocycles. The first kappa shape index (κ1) is 17.7. The third-order valence-corrected chi connectivity index (χ3v) is 5.55. The highest BCUT2D eigenvalue weighted by Gasteiger charge is 2.09. The fraction of sp³-hybridized carbons (Fsp3) is 0.200. The third kappa shape index (κ3) is 5.44. The molecule has 0 radical (unpaired) electrons. The zero-order valence-corrected chi connectivity index (χ0v) is 15.9. The largest absolute Gasteiger partial charge is 0.326 e. The van der Waals surface area contributed by atoms with Gasteiger partial charge in [0.05, 0.1) is 12.1 Å². The van der Waals surface area contributed by atoms with Gasteiger partial charge in [-0.05, 0) is 38.1 Å². The molecule has 0 aliphatic carbocycles. The minimum absolute atomic E-state index is 0.0314. The van der Waals surface area contributed by atoms with Gasteiger partial charge in [0.1, 0.15) is 5.01 Å². The summed E-state index contributed by atoms with van der Waals surface area (Å²) in [5.41, 5.74) is 4.28. The topological polar surface area (TPSA) is 42.0 Å². The van der Waals surface area contributed by atoms with Gasteiger partial charge in [-0.2, -0.15) is 0 Å². The van der Waals surface area contributed by atoms with E-state index < -0.39 is 0 Å². The summed E-state index contributed by atoms with van der Waals surface area (Å²) in [6.07, 6.45) is 0.313. The van der Waals surface area contributed by atoms with Crippen molar-refractivity contribution >= 4 is 34.7 Å². The van der Waals surface area contributed by atoms with E-state index in [-0.39, 0.29) is 5.91 Å². The first-order valence-corrected chi connectivity index (χ1v) is 9.94. The quantitative estimate of drug-likeness (QED) is 0.606. The number of aromatic nitrogens is 1. The molecule has 0 unspecified atom stereocenters. The maximum atomic E-state index is 12.1. The number of thiazole rings is 1. The van der Waals surface area contributed by atoms with Gasteiger partial charge in [0.25, 0.3) is 0 Å². The zero-order valence-electron chi connectivity index (χ0n) is 14.3. The van der Waals surface area contributed by atoms with Crippen LogP contribution in [0.4, 0.5) is 5.69 Å². The van der Waals surface area contributed by atoms with Crippen LogP contribution in [0, 0.1) is 13.8 Å². The summed E-state index contributed by atoms with van der Waals surface area (Å²) < 4.78 is 0. The number of carbonyl (C=O) groups excluding carboxylic acids is 1. The van der Waals surface area contributed by atoms with Crippen molar-refractivity contribution in [1.29, 1.82) is 0 Å². The van der Waals surface area contributed by atoms with Gasteiger partial charge in [-0.1, -0.05) is 35.4 Å². The molecule has 1 heterocycles. The number of thioether (sulfide) groups is 1. The van der Waals surface area contributed by atoms with E-state index in [0.29, 0.717) is 6.42 Å². The molecule has 1 amide bonds. The van der Waals surface area contributed by atoms with Gasteiger partial charge in [0.2, 0.25) is 5.91 Å². The molecular formula is C20H20N2OS2. The lowest BCUT2D eigenvalue weighted by Gasteiger charge is -2.04. The van der Waals surface area contributed by atoms with Crippen LogP contribution in [-0.2, 0) is 17.0 Å². The molecule has 3 rings (SSSR count). The molecule has 3 nitrogen and oxygen atoms in total. The van der Waals surface area contributed by atoms with E-state index in [4.69, 9.17) is 0 Å². The number of nitrogens with one attached hydrogen (secondary N) is 1. The van der Waals surface area contributed by atoms with Crippen LogP contribution in [0.2, 0.25) is 0 Å². The Bertz CT molecular complexity index is 856. The molecule has 0 saturated heterocycles. The van der Waals surface area contributed by atoms with Crippen molar-refractivity contribution in [2.24, 2.45) is 0 Å². The number of hydrogen-bond donors (Lipinski definition) is 1. The molecule has 0 spiro atoms. The molecular weight excluding hydrogens is 348 g/mol. The summed E-state index contributed by atoms with van der Waals surface area (Å²) in [6.45, 7) is 4.12. The first-order chi connectivity index (χ1) is 12.1. The molecule has 0 atom stereocenters. The number of aryl methyl sites for hydroxylation is 2. The van der Waals surface area contributed by atoms with Gasteiger partial charge < -0.3 is 5.32 Å². The van der Waals surface area contributed by atoms with Gasteiger partial charge in [-0.25, -0.2) is 4.98 Å². The van der Waals surface area contributed by atoms with Gasteiger partial charge in [-0.3, -0.25) is 4.79 Å². The third-order valence-electron chi connectivity index (χ3n) is 3.62. The Morgan fingerprint density at radius 1 is 1.12 bits per heavy atom. The van der Waals surface area contributed by atoms with E-state index in [9.17, 15) is 4.79 Å². The normalized spacial score (nSPS) is 10.6. The van der Waals surface area contributed by atoms with Gasteiger partial charge in [-0.15, -0.1) is 23.1 Å². The molecule has 0 fully saturated rings. The molecule has 128 valence electrons. The number of hydrogen-bond acceptors (Lipinski definition) is 4. The van der Waals surface area contributed by atoms with Crippen molar-refractivity contribution in [1.82, 2.24) is 4.98 Å².